The second kappa shape index (κ2) is 6.77. The first-order valence-electron chi connectivity index (χ1n) is 7.98. The molecule has 1 fully saturated rings. The Bertz CT molecular complexity index is 372. The van der Waals surface area contributed by atoms with Gasteiger partial charge in [-0.2, -0.15) is 0 Å². The first-order chi connectivity index (χ1) is 9.45. The molecule has 1 atom stereocenters. The van der Waals surface area contributed by atoms with Crippen molar-refractivity contribution < 1.29 is 4.42 Å². The topological polar surface area (TPSA) is 28.4 Å². The first-order valence-corrected chi connectivity index (χ1v) is 7.98. The van der Waals surface area contributed by atoms with Crippen molar-refractivity contribution in [2.75, 3.05) is 13.1 Å². The van der Waals surface area contributed by atoms with E-state index in [0.29, 0.717) is 17.6 Å². The lowest BCUT2D eigenvalue weighted by Gasteiger charge is -2.41. The van der Waals surface area contributed by atoms with Gasteiger partial charge in [0.25, 0.3) is 0 Å². The van der Waals surface area contributed by atoms with Crippen molar-refractivity contribution in [1.29, 1.82) is 0 Å². The molecule has 0 radical (unpaired) electrons. The molecule has 20 heavy (non-hydrogen) atoms. The largest absolute Gasteiger partial charge is 0.469 e. The number of hydrogen-bond donors (Lipinski definition) is 1. The number of likely N-dealkylation sites (tertiary alicyclic amines) is 1. The van der Waals surface area contributed by atoms with Gasteiger partial charge in [-0.3, -0.25) is 4.90 Å². The standard InChI is InChI=1S/C17H30N2O/c1-14(7-8-16-6-5-13-20-16)18-15-9-11-19(12-10-15)17(2,3)4/h5-6,13-15,18H,7-12H2,1-4H3. The van der Waals surface area contributed by atoms with E-state index in [2.05, 4.69) is 44.0 Å². The normalized spacial score (nSPS) is 20.2. The fourth-order valence-electron chi connectivity index (χ4n) is 3.02. The van der Waals surface area contributed by atoms with Gasteiger partial charge in [-0.05, 0) is 59.1 Å². The Morgan fingerprint density at radius 2 is 2.05 bits per heavy atom. The van der Waals surface area contributed by atoms with E-state index in [4.69, 9.17) is 4.42 Å². The summed E-state index contributed by atoms with van der Waals surface area (Å²) in [4.78, 5) is 2.60. The average Bonchev–Trinajstić information content (AvgIpc) is 2.89. The quantitative estimate of drug-likeness (QED) is 0.894. The minimum absolute atomic E-state index is 0.315. The molecule has 1 aliphatic rings. The van der Waals surface area contributed by atoms with Crippen molar-refractivity contribution in [2.45, 2.75) is 71.0 Å². The number of hydrogen-bond acceptors (Lipinski definition) is 3. The lowest BCUT2D eigenvalue weighted by Crippen LogP contribution is -2.51. The summed E-state index contributed by atoms with van der Waals surface area (Å²) >= 11 is 0. The molecule has 0 aromatic carbocycles. The van der Waals surface area contributed by atoms with E-state index in [1.807, 2.05) is 6.07 Å². The van der Waals surface area contributed by atoms with Crippen LogP contribution >= 0.6 is 0 Å². The van der Waals surface area contributed by atoms with Crippen molar-refractivity contribution in [2.24, 2.45) is 0 Å². The van der Waals surface area contributed by atoms with Crippen LogP contribution < -0.4 is 5.32 Å². The molecular weight excluding hydrogens is 248 g/mol. The SMILES string of the molecule is CC(CCc1ccco1)NC1CCN(C(C)(C)C)CC1. The second-order valence-electron chi connectivity index (χ2n) is 7.12. The maximum Gasteiger partial charge on any atom is 0.103 e. The van der Waals surface area contributed by atoms with E-state index in [9.17, 15) is 0 Å². The zero-order chi connectivity index (χ0) is 14.6. The van der Waals surface area contributed by atoms with Crippen LogP contribution in [0.5, 0.6) is 0 Å². The number of rotatable bonds is 5. The summed E-state index contributed by atoms with van der Waals surface area (Å²) in [7, 11) is 0. The summed E-state index contributed by atoms with van der Waals surface area (Å²) in [5.41, 5.74) is 0.315. The molecule has 114 valence electrons. The van der Waals surface area contributed by atoms with Crippen LogP contribution in [0.1, 0.15) is 52.7 Å². The van der Waals surface area contributed by atoms with Crippen molar-refractivity contribution in [3.05, 3.63) is 24.2 Å². The van der Waals surface area contributed by atoms with Crippen LogP contribution in [-0.4, -0.2) is 35.6 Å². The van der Waals surface area contributed by atoms with Gasteiger partial charge >= 0.3 is 0 Å². The van der Waals surface area contributed by atoms with Crippen LogP contribution in [0.4, 0.5) is 0 Å². The van der Waals surface area contributed by atoms with Crippen LogP contribution in [0.25, 0.3) is 0 Å². The van der Waals surface area contributed by atoms with E-state index >= 15 is 0 Å². The minimum atomic E-state index is 0.315. The van der Waals surface area contributed by atoms with E-state index in [1.165, 1.54) is 25.9 Å². The number of nitrogens with zero attached hydrogens (tertiary/aromatic N) is 1. The molecule has 1 N–H and O–H groups in total. The summed E-state index contributed by atoms with van der Waals surface area (Å²) < 4.78 is 5.39. The smallest absolute Gasteiger partial charge is 0.103 e. The minimum Gasteiger partial charge on any atom is -0.469 e. The zero-order valence-corrected chi connectivity index (χ0v) is 13.5. The molecule has 3 heteroatoms. The molecule has 1 aliphatic heterocycles. The molecule has 0 saturated carbocycles. The van der Waals surface area contributed by atoms with Crippen LogP contribution in [0.15, 0.2) is 22.8 Å². The molecule has 2 heterocycles. The van der Waals surface area contributed by atoms with Gasteiger partial charge in [0.05, 0.1) is 6.26 Å². The monoisotopic (exact) mass is 278 g/mol. The average molecular weight is 278 g/mol. The molecule has 0 spiro atoms. The van der Waals surface area contributed by atoms with E-state index in [-0.39, 0.29) is 0 Å². The van der Waals surface area contributed by atoms with Crippen molar-refractivity contribution in [1.82, 2.24) is 10.2 Å². The highest BCUT2D eigenvalue weighted by Gasteiger charge is 2.27. The van der Waals surface area contributed by atoms with Crippen molar-refractivity contribution in [3.8, 4) is 0 Å². The summed E-state index contributed by atoms with van der Waals surface area (Å²) in [5, 5.41) is 3.78. The molecule has 1 unspecified atom stereocenters. The van der Waals surface area contributed by atoms with Crippen LogP contribution in [0.3, 0.4) is 0 Å². The molecule has 0 bridgehead atoms. The molecule has 0 amide bonds. The van der Waals surface area contributed by atoms with E-state index in [0.717, 1.165) is 18.6 Å². The van der Waals surface area contributed by atoms with Gasteiger partial charge in [0, 0.05) is 37.1 Å². The lowest BCUT2D eigenvalue weighted by atomic mass is 9.97. The van der Waals surface area contributed by atoms with Gasteiger partial charge in [0.2, 0.25) is 0 Å². The van der Waals surface area contributed by atoms with Gasteiger partial charge in [-0.25, -0.2) is 0 Å². The second-order valence-corrected chi connectivity index (χ2v) is 7.12. The van der Waals surface area contributed by atoms with Gasteiger partial charge in [0.15, 0.2) is 0 Å². The Kier molecular flexibility index (Phi) is 5.28. The molecule has 1 aromatic rings. The summed E-state index contributed by atoms with van der Waals surface area (Å²) in [5.74, 6) is 1.10. The predicted molar refractivity (Wildman–Crippen MR) is 84.0 cm³/mol. The molecule has 3 nitrogen and oxygen atoms in total. The third kappa shape index (κ3) is 4.64. The maximum atomic E-state index is 5.39. The molecule has 1 aromatic heterocycles. The van der Waals surface area contributed by atoms with Gasteiger partial charge in [-0.15, -0.1) is 0 Å². The first kappa shape index (κ1) is 15.6. The van der Waals surface area contributed by atoms with E-state index in [1.54, 1.807) is 6.26 Å². The third-order valence-corrected chi connectivity index (χ3v) is 4.37. The molecule has 1 saturated heterocycles. The predicted octanol–water partition coefficient (Wildman–Crippen LogP) is 3.45. The number of nitrogens with one attached hydrogen (secondary N) is 1. The summed E-state index contributed by atoms with van der Waals surface area (Å²) in [6.07, 6.45) is 6.47. The van der Waals surface area contributed by atoms with E-state index < -0.39 is 0 Å². The highest BCUT2D eigenvalue weighted by Crippen LogP contribution is 2.20. The zero-order valence-electron chi connectivity index (χ0n) is 13.5. The summed E-state index contributed by atoms with van der Waals surface area (Å²) in [6, 6.07) is 5.27. The number of aryl methyl sites for hydroxylation is 1. The lowest BCUT2D eigenvalue weighted by molar-refractivity contribution is 0.0939. The summed E-state index contributed by atoms with van der Waals surface area (Å²) in [6.45, 7) is 11.7. The van der Waals surface area contributed by atoms with Crippen molar-refractivity contribution in [3.63, 3.8) is 0 Å². The van der Waals surface area contributed by atoms with Crippen molar-refractivity contribution >= 4 is 0 Å². The van der Waals surface area contributed by atoms with Gasteiger partial charge in [0.1, 0.15) is 5.76 Å². The molecule has 0 aliphatic carbocycles. The van der Waals surface area contributed by atoms with Crippen LogP contribution in [0, 0.1) is 0 Å². The highest BCUT2D eigenvalue weighted by molar-refractivity contribution is 4.98. The van der Waals surface area contributed by atoms with Crippen LogP contribution in [-0.2, 0) is 6.42 Å². The fourth-order valence-corrected chi connectivity index (χ4v) is 3.02. The maximum absolute atomic E-state index is 5.39. The highest BCUT2D eigenvalue weighted by atomic mass is 16.3. The Balaban J connectivity index is 1.67. The third-order valence-electron chi connectivity index (χ3n) is 4.37. The Morgan fingerprint density at radius 1 is 1.35 bits per heavy atom. The molecular formula is C17H30N2O. The Hall–Kier alpha value is -0.800. The fraction of sp³-hybridized carbons (Fsp3) is 0.765. The number of furan rings is 1. The van der Waals surface area contributed by atoms with Gasteiger partial charge < -0.3 is 9.73 Å². The van der Waals surface area contributed by atoms with Crippen LogP contribution in [0.2, 0.25) is 0 Å². The number of piperidine rings is 1. The Labute approximate surface area is 123 Å². The Morgan fingerprint density at radius 3 is 2.60 bits per heavy atom. The van der Waals surface area contributed by atoms with Gasteiger partial charge in [-0.1, -0.05) is 0 Å². The molecule has 2 rings (SSSR count).